The number of carbonyl (C=O) groups excluding carboxylic acids is 1. The number of halogens is 1. The Morgan fingerprint density at radius 1 is 1.44 bits per heavy atom. The molecule has 5 nitrogen and oxygen atoms in total. The van der Waals surface area contributed by atoms with Crippen molar-refractivity contribution in [2.24, 2.45) is 0 Å². The molecule has 1 heterocycles. The normalized spacial score (nSPS) is 14.1. The molecular formula is C12H20ClN3O2. The maximum atomic E-state index is 11.7. The van der Waals surface area contributed by atoms with Crippen LogP contribution in [0.3, 0.4) is 0 Å². The molecule has 0 spiro atoms. The molecule has 1 aromatic rings. The molecule has 0 bridgehead atoms. The molecule has 1 fully saturated rings. The summed E-state index contributed by atoms with van der Waals surface area (Å²) in [6.45, 7) is 4.49. The Bertz CT molecular complexity index is 377. The molecule has 2 rings (SSSR count). The molecule has 1 saturated carbocycles. The van der Waals surface area contributed by atoms with Crippen molar-refractivity contribution in [3.8, 4) is 0 Å². The molecule has 6 heteroatoms. The van der Waals surface area contributed by atoms with Crippen LogP contribution in [0.5, 0.6) is 0 Å². The van der Waals surface area contributed by atoms with Gasteiger partial charge in [-0.05, 0) is 25.8 Å². The Labute approximate surface area is 113 Å². The van der Waals surface area contributed by atoms with Crippen LogP contribution >= 0.6 is 12.4 Å². The molecule has 0 unspecified atom stereocenters. The lowest BCUT2D eigenvalue weighted by atomic mass is 10.3. The van der Waals surface area contributed by atoms with Gasteiger partial charge in [0.1, 0.15) is 5.76 Å². The van der Waals surface area contributed by atoms with E-state index in [9.17, 15) is 4.79 Å². The van der Waals surface area contributed by atoms with Gasteiger partial charge in [-0.3, -0.25) is 4.79 Å². The number of aromatic nitrogens is 1. The third kappa shape index (κ3) is 4.31. The van der Waals surface area contributed by atoms with Gasteiger partial charge in [-0.2, -0.15) is 0 Å². The van der Waals surface area contributed by atoms with E-state index in [0.29, 0.717) is 18.2 Å². The largest absolute Gasteiger partial charge is 0.360 e. The maximum Gasteiger partial charge on any atom is 0.273 e. The minimum absolute atomic E-state index is 0. The van der Waals surface area contributed by atoms with Crippen molar-refractivity contribution < 1.29 is 9.32 Å². The van der Waals surface area contributed by atoms with Crippen LogP contribution in [-0.2, 0) is 0 Å². The van der Waals surface area contributed by atoms with Gasteiger partial charge in [0.05, 0.1) is 0 Å². The van der Waals surface area contributed by atoms with Gasteiger partial charge < -0.3 is 15.2 Å². The van der Waals surface area contributed by atoms with E-state index in [4.69, 9.17) is 4.52 Å². The van der Waals surface area contributed by atoms with E-state index in [1.165, 1.54) is 0 Å². The zero-order valence-electron chi connectivity index (χ0n) is 10.6. The summed E-state index contributed by atoms with van der Waals surface area (Å²) in [5.41, 5.74) is 0.391. The SMILES string of the molecule is CCCNCCNC(=O)c1cc(C2CC2)on1.Cl. The first-order valence-corrected chi connectivity index (χ1v) is 6.26. The number of amides is 1. The predicted molar refractivity (Wildman–Crippen MR) is 71.2 cm³/mol. The second-order valence-electron chi connectivity index (χ2n) is 4.39. The maximum absolute atomic E-state index is 11.7. The average molecular weight is 274 g/mol. The summed E-state index contributed by atoms with van der Waals surface area (Å²) < 4.78 is 5.13. The summed E-state index contributed by atoms with van der Waals surface area (Å²) in [5, 5.41) is 9.81. The number of nitrogens with one attached hydrogen (secondary N) is 2. The highest BCUT2D eigenvalue weighted by atomic mass is 35.5. The van der Waals surface area contributed by atoms with Crippen LogP contribution in [0.1, 0.15) is 48.4 Å². The highest BCUT2D eigenvalue weighted by Crippen LogP contribution is 2.40. The van der Waals surface area contributed by atoms with Crippen LogP contribution < -0.4 is 10.6 Å². The molecular weight excluding hydrogens is 254 g/mol. The van der Waals surface area contributed by atoms with Crippen molar-refractivity contribution in [1.29, 1.82) is 0 Å². The van der Waals surface area contributed by atoms with E-state index in [-0.39, 0.29) is 18.3 Å². The Balaban J connectivity index is 0.00000162. The summed E-state index contributed by atoms with van der Waals surface area (Å²) in [6.07, 6.45) is 3.40. The lowest BCUT2D eigenvalue weighted by molar-refractivity contribution is 0.0945. The van der Waals surface area contributed by atoms with Crippen LogP contribution in [0, 0.1) is 0 Å². The number of nitrogens with zero attached hydrogens (tertiary/aromatic N) is 1. The van der Waals surface area contributed by atoms with Crippen molar-refractivity contribution in [2.75, 3.05) is 19.6 Å². The highest BCUT2D eigenvalue weighted by Gasteiger charge is 2.28. The van der Waals surface area contributed by atoms with Gasteiger partial charge in [-0.15, -0.1) is 12.4 Å². The number of carbonyl (C=O) groups is 1. The number of hydrogen-bond donors (Lipinski definition) is 2. The fraction of sp³-hybridized carbons (Fsp3) is 0.667. The lowest BCUT2D eigenvalue weighted by Gasteiger charge is -2.03. The van der Waals surface area contributed by atoms with E-state index < -0.39 is 0 Å². The molecule has 0 atom stereocenters. The highest BCUT2D eigenvalue weighted by molar-refractivity contribution is 5.92. The van der Waals surface area contributed by atoms with Crippen molar-refractivity contribution >= 4 is 18.3 Å². The molecule has 0 radical (unpaired) electrons. The molecule has 1 aliphatic carbocycles. The number of rotatable bonds is 7. The smallest absolute Gasteiger partial charge is 0.273 e. The zero-order valence-corrected chi connectivity index (χ0v) is 11.4. The summed E-state index contributed by atoms with van der Waals surface area (Å²) in [4.78, 5) is 11.7. The first-order valence-electron chi connectivity index (χ1n) is 6.26. The fourth-order valence-corrected chi connectivity index (χ4v) is 1.61. The quantitative estimate of drug-likeness (QED) is 0.742. The molecule has 1 aromatic heterocycles. The van der Waals surface area contributed by atoms with Crippen LogP contribution in [-0.4, -0.2) is 30.7 Å². The summed E-state index contributed by atoms with van der Waals surface area (Å²) in [6, 6.07) is 1.76. The first kappa shape index (κ1) is 15.0. The number of hydrogen-bond acceptors (Lipinski definition) is 4. The van der Waals surface area contributed by atoms with Gasteiger partial charge >= 0.3 is 0 Å². The molecule has 0 aromatic carbocycles. The van der Waals surface area contributed by atoms with Crippen LogP contribution in [0.2, 0.25) is 0 Å². The molecule has 0 aliphatic heterocycles. The van der Waals surface area contributed by atoms with Gasteiger partial charge in [0.15, 0.2) is 5.69 Å². The fourth-order valence-electron chi connectivity index (χ4n) is 1.61. The van der Waals surface area contributed by atoms with Crippen molar-refractivity contribution in [1.82, 2.24) is 15.8 Å². The topological polar surface area (TPSA) is 67.2 Å². The van der Waals surface area contributed by atoms with Gasteiger partial charge in [0.2, 0.25) is 0 Å². The van der Waals surface area contributed by atoms with Gasteiger partial charge in [0.25, 0.3) is 5.91 Å². The van der Waals surface area contributed by atoms with Crippen LogP contribution in [0.15, 0.2) is 10.6 Å². The molecule has 18 heavy (non-hydrogen) atoms. The molecule has 2 N–H and O–H groups in total. The van der Waals surface area contributed by atoms with Crippen molar-refractivity contribution in [3.63, 3.8) is 0 Å². The Morgan fingerprint density at radius 2 is 2.22 bits per heavy atom. The molecule has 1 amide bonds. The first-order chi connectivity index (χ1) is 8.31. The third-order valence-electron chi connectivity index (χ3n) is 2.75. The third-order valence-corrected chi connectivity index (χ3v) is 2.75. The molecule has 102 valence electrons. The van der Waals surface area contributed by atoms with Gasteiger partial charge in [-0.1, -0.05) is 12.1 Å². The Kier molecular flexibility index (Phi) is 6.15. The average Bonchev–Trinajstić information content (AvgIpc) is 3.07. The second-order valence-corrected chi connectivity index (χ2v) is 4.39. The molecule has 1 aliphatic rings. The van der Waals surface area contributed by atoms with Crippen LogP contribution in [0.4, 0.5) is 0 Å². The van der Waals surface area contributed by atoms with Gasteiger partial charge in [0, 0.05) is 25.1 Å². The summed E-state index contributed by atoms with van der Waals surface area (Å²) in [7, 11) is 0. The van der Waals surface area contributed by atoms with E-state index >= 15 is 0 Å². The van der Waals surface area contributed by atoms with Crippen LogP contribution in [0.25, 0.3) is 0 Å². The van der Waals surface area contributed by atoms with E-state index in [1.54, 1.807) is 6.07 Å². The standard InChI is InChI=1S/C12H19N3O2.ClH/c1-2-5-13-6-7-14-12(16)10-8-11(17-15-10)9-3-4-9;/h8-9,13H,2-7H2,1H3,(H,14,16);1H. The van der Waals surface area contributed by atoms with E-state index in [1.807, 2.05) is 0 Å². The van der Waals surface area contributed by atoms with Crippen molar-refractivity contribution in [3.05, 3.63) is 17.5 Å². The second kappa shape index (κ2) is 7.38. The van der Waals surface area contributed by atoms with Crippen molar-refractivity contribution in [2.45, 2.75) is 32.1 Å². The monoisotopic (exact) mass is 273 g/mol. The minimum atomic E-state index is -0.154. The Morgan fingerprint density at radius 3 is 2.89 bits per heavy atom. The molecule has 0 saturated heterocycles. The predicted octanol–water partition coefficient (Wildman–Crippen LogP) is 1.70. The minimum Gasteiger partial charge on any atom is -0.360 e. The van der Waals surface area contributed by atoms with Gasteiger partial charge in [-0.25, -0.2) is 0 Å². The zero-order chi connectivity index (χ0) is 12.1. The van der Waals surface area contributed by atoms with E-state index in [2.05, 4.69) is 22.7 Å². The summed E-state index contributed by atoms with van der Waals surface area (Å²) in [5.74, 6) is 1.19. The van der Waals surface area contributed by atoms with E-state index in [0.717, 1.165) is 38.1 Å². The lowest BCUT2D eigenvalue weighted by Crippen LogP contribution is -2.32. The summed E-state index contributed by atoms with van der Waals surface area (Å²) >= 11 is 0. The Hall–Kier alpha value is -1.07.